The van der Waals surface area contributed by atoms with Gasteiger partial charge in [0, 0.05) is 36.3 Å². The van der Waals surface area contributed by atoms with Gasteiger partial charge >= 0.3 is 0 Å². The molecule has 1 fully saturated rings. The molecule has 0 aromatic heterocycles. The van der Waals surface area contributed by atoms with Crippen molar-refractivity contribution in [3.05, 3.63) is 29.8 Å². The van der Waals surface area contributed by atoms with Crippen LogP contribution in [0.25, 0.3) is 0 Å². The molecule has 5 heteroatoms. The van der Waals surface area contributed by atoms with Gasteiger partial charge in [-0.1, -0.05) is 26.0 Å². The van der Waals surface area contributed by atoms with E-state index in [9.17, 15) is 4.79 Å². The van der Waals surface area contributed by atoms with Crippen molar-refractivity contribution in [3.8, 4) is 0 Å². The molecule has 1 saturated heterocycles. The van der Waals surface area contributed by atoms with E-state index in [1.165, 1.54) is 18.2 Å². The van der Waals surface area contributed by atoms with Gasteiger partial charge in [-0.3, -0.25) is 4.79 Å². The van der Waals surface area contributed by atoms with E-state index in [2.05, 4.69) is 31.0 Å². The first-order chi connectivity index (χ1) is 11.5. The number of amides is 1. The zero-order chi connectivity index (χ0) is 17.5. The minimum Gasteiger partial charge on any atom is -0.396 e. The van der Waals surface area contributed by atoms with Crippen LogP contribution in [0.15, 0.2) is 29.2 Å². The maximum Gasteiger partial charge on any atom is 0.252 e. The van der Waals surface area contributed by atoms with Crippen molar-refractivity contribution in [1.82, 2.24) is 10.2 Å². The van der Waals surface area contributed by atoms with Gasteiger partial charge in [0.1, 0.15) is 0 Å². The summed E-state index contributed by atoms with van der Waals surface area (Å²) in [5.41, 5.74) is 0.697. The van der Waals surface area contributed by atoms with Gasteiger partial charge in [0.2, 0.25) is 0 Å². The second kappa shape index (κ2) is 9.44. The summed E-state index contributed by atoms with van der Waals surface area (Å²) in [7, 11) is 0. The lowest BCUT2D eigenvalue weighted by molar-refractivity contribution is 0.0902. The number of likely N-dealkylation sites (tertiary alicyclic amines) is 1. The Bertz CT molecular complexity index is 528. The highest BCUT2D eigenvalue weighted by Gasteiger charge is 2.23. The summed E-state index contributed by atoms with van der Waals surface area (Å²) in [6, 6.07) is 7.72. The quantitative estimate of drug-likeness (QED) is 0.743. The molecule has 134 valence electrons. The molecule has 0 spiro atoms. The van der Waals surface area contributed by atoms with Gasteiger partial charge < -0.3 is 15.3 Å². The van der Waals surface area contributed by atoms with Crippen molar-refractivity contribution in [3.63, 3.8) is 0 Å². The molecule has 4 nitrogen and oxygen atoms in total. The van der Waals surface area contributed by atoms with Crippen LogP contribution in [0.3, 0.4) is 0 Å². The smallest absolute Gasteiger partial charge is 0.252 e. The number of hydrogen-bond acceptors (Lipinski definition) is 4. The molecule has 1 aromatic carbocycles. The Hall–Kier alpha value is -1.04. The molecule has 1 amide bonds. The molecule has 2 N–H and O–H groups in total. The Balaban J connectivity index is 1.92. The van der Waals surface area contributed by atoms with Gasteiger partial charge in [0.15, 0.2) is 0 Å². The Kier molecular flexibility index (Phi) is 7.59. The van der Waals surface area contributed by atoms with Crippen LogP contribution in [0.5, 0.6) is 0 Å². The second-order valence-corrected chi connectivity index (χ2v) is 8.24. The zero-order valence-electron chi connectivity index (χ0n) is 15.0. The fraction of sp³-hybridized carbons (Fsp3) is 0.632. The summed E-state index contributed by atoms with van der Waals surface area (Å²) < 4.78 is 0. The first kappa shape index (κ1) is 19.3. The Morgan fingerprint density at radius 1 is 1.33 bits per heavy atom. The van der Waals surface area contributed by atoms with E-state index in [0.717, 1.165) is 36.4 Å². The molecule has 0 bridgehead atoms. The second-order valence-electron chi connectivity index (χ2n) is 7.11. The lowest BCUT2D eigenvalue weighted by Crippen LogP contribution is -2.47. The normalized spacial score (nSPS) is 23.0. The molecule has 2 rings (SSSR count). The van der Waals surface area contributed by atoms with Crippen molar-refractivity contribution < 1.29 is 9.90 Å². The first-order valence-corrected chi connectivity index (χ1v) is 9.84. The average molecular weight is 351 g/mol. The van der Waals surface area contributed by atoms with Gasteiger partial charge in [-0.25, -0.2) is 0 Å². The molecule has 0 aliphatic carbocycles. The third-order valence-electron chi connectivity index (χ3n) is 4.33. The van der Waals surface area contributed by atoms with E-state index in [1.807, 2.05) is 24.3 Å². The van der Waals surface area contributed by atoms with Crippen molar-refractivity contribution in [2.75, 3.05) is 32.0 Å². The van der Waals surface area contributed by atoms with Crippen molar-refractivity contribution in [1.29, 1.82) is 0 Å². The molecule has 1 heterocycles. The Morgan fingerprint density at radius 3 is 2.67 bits per heavy atom. The van der Waals surface area contributed by atoms with Crippen LogP contribution in [0.2, 0.25) is 0 Å². The highest BCUT2D eigenvalue weighted by atomic mass is 32.2. The molecule has 3 atom stereocenters. The summed E-state index contributed by atoms with van der Waals surface area (Å²) in [5.74, 6) is 2.03. The summed E-state index contributed by atoms with van der Waals surface area (Å²) in [5, 5.41) is 12.1. The molecular formula is C19H30N2O2S. The highest BCUT2D eigenvalue weighted by molar-refractivity contribution is 7.99. The molecule has 24 heavy (non-hydrogen) atoms. The molecular weight excluding hydrogens is 320 g/mol. The van der Waals surface area contributed by atoms with E-state index < -0.39 is 0 Å². The first-order valence-electron chi connectivity index (χ1n) is 8.85. The summed E-state index contributed by atoms with van der Waals surface area (Å²) >= 11 is 1.52. The predicted molar refractivity (Wildman–Crippen MR) is 101 cm³/mol. The number of benzene rings is 1. The lowest BCUT2D eigenvalue weighted by atomic mass is 9.92. The number of aliphatic hydroxyl groups is 1. The van der Waals surface area contributed by atoms with Crippen LogP contribution in [-0.4, -0.2) is 53.9 Å². The summed E-state index contributed by atoms with van der Waals surface area (Å²) in [6.45, 7) is 9.93. The van der Waals surface area contributed by atoms with Gasteiger partial charge in [0.05, 0.1) is 12.2 Å². The fourth-order valence-electron chi connectivity index (χ4n) is 3.61. The predicted octanol–water partition coefficient (Wildman–Crippen LogP) is 2.87. The van der Waals surface area contributed by atoms with Crippen LogP contribution in [0.1, 0.15) is 37.6 Å². The average Bonchev–Trinajstić information content (AvgIpc) is 2.52. The third-order valence-corrected chi connectivity index (χ3v) is 5.39. The number of piperidine rings is 1. The lowest BCUT2D eigenvalue weighted by Gasteiger charge is -2.36. The monoisotopic (exact) mass is 350 g/mol. The number of carbonyl (C=O) groups is 1. The summed E-state index contributed by atoms with van der Waals surface area (Å²) in [6.07, 6.45) is 1.30. The minimum atomic E-state index is -0.0263. The maximum atomic E-state index is 12.6. The molecule has 0 radical (unpaired) electrons. The van der Waals surface area contributed by atoms with Crippen LogP contribution in [0.4, 0.5) is 0 Å². The molecule has 0 unspecified atom stereocenters. The van der Waals surface area contributed by atoms with Crippen molar-refractivity contribution >= 4 is 17.7 Å². The largest absolute Gasteiger partial charge is 0.396 e. The van der Waals surface area contributed by atoms with Gasteiger partial charge in [0.25, 0.3) is 5.91 Å². The van der Waals surface area contributed by atoms with Gasteiger partial charge in [-0.15, -0.1) is 11.8 Å². The number of rotatable bonds is 7. The standard InChI is InChI=1S/C19H30N2O2S/c1-14-10-15(2)12-21(11-14)13-16(3)20-19(23)17-6-4-5-7-18(17)24-9-8-22/h4-7,14-16,22H,8-13H2,1-3H3,(H,20,23)/t14-,15-,16+/m1/s1. The van der Waals surface area contributed by atoms with Crippen LogP contribution in [0, 0.1) is 11.8 Å². The number of nitrogens with zero attached hydrogens (tertiary/aromatic N) is 1. The third kappa shape index (κ3) is 5.80. The van der Waals surface area contributed by atoms with Crippen molar-refractivity contribution in [2.24, 2.45) is 11.8 Å². The van der Waals surface area contributed by atoms with Crippen LogP contribution in [-0.2, 0) is 0 Å². The SMILES string of the molecule is C[C@@H]1C[C@@H](C)CN(C[C@H](C)NC(=O)c2ccccc2SCCO)C1. The zero-order valence-corrected chi connectivity index (χ0v) is 15.8. The van der Waals surface area contributed by atoms with Crippen LogP contribution >= 0.6 is 11.8 Å². The molecule has 1 aliphatic rings. The van der Waals surface area contributed by atoms with E-state index in [-0.39, 0.29) is 18.6 Å². The molecule has 1 aliphatic heterocycles. The fourth-order valence-corrected chi connectivity index (χ4v) is 4.41. The highest BCUT2D eigenvalue weighted by Crippen LogP contribution is 2.23. The van der Waals surface area contributed by atoms with E-state index in [4.69, 9.17) is 5.11 Å². The number of nitrogens with one attached hydrogen (secondary N) is 1. The molecule has 0 saturated carbocycles. The van der Waals surface area contributed by atoms with E-state index >= 15 is 0 Å². The van der Waals surface area contributed by atoms with Gasteiger partial charge in [-0.2, -0.15) is 0 Å². The number of aliphatic hydroxyl groups excluding tert-OH is 1. The topological polar surface area (TPSA) is 52.6 Å². The number of hydrogen-bond donors (Lipinski definition) is 2. The molecule has 1 aromatic rings. The van der Waals surface area contributed by atoms with E-state index in [1.54, 1.807) is 0 Å². The minimum absolute atomic E-state index is 0.0263. The maximum absolute atomic E-state index is 12.6. The summed E-state index contributed by atoms with van der Waals surface area (Å²) in [4.78, 5) is 16.0. The van der Waals surface area contributed by atoms with Gasteiger partial charge in [-0.05, 0) is 37.3 Å². The number of carbonyl (C=O) groups excluding carboxylic acids is 1. The van der Waals surface area contributed by atoms with Crippen LogP contribution < -0.4 is 5.32 Å². The number of thioether (sulfide) groups is 1. The van der Waals surface area contributed by atoms with Crippen molar-refractivity contribution in [2.45, 2.75) is 38.1 Å². The van der Waals surface area contributed by atoms with E-state index in [0.29, 0.717) is 11.3 Å². The Labute approximate surface area is 150 Å². The Morgan fingerprint density at radius 2 is 2.00 bits per heavy atom.